The van der Waals surface area contributed by atoms with E-state index >= 15 is 0 Å². The lowest BCUT2D eigenvalue weighted by atomic mass is 9.98. The summed E-state index contributed by atoms with van der Waals surface area (Å²) in [5.74, 6) is -0.883. The van der Waals surface area contributed by atoms with Gasteiger partial charge in [0.15, 0.2) is 5.76 Å². The van der Waals surface area contributed by atoms with Crippen molar-refractivity contribution >= 4 is 11.6 Å². The van der Waals surface area contributed by atoms with E-state index in [0.29, 0.717) is 0 Å². The number of ketones is 2. The van der Waals surface area contributed by atoms with Gasteiger partial charge in [-0.15, -0.1) is 0 Å². The fourth-order valence-corrected chi connectivity index (χ4v) is 2.78. The lowest BCUT2D eigenvalue weighted by molar-refractivity contribution is -0.134. The van der Waals surface area contributed by atoms with Crippen molar-refractivity contribution in [1.29, 1.82) is 0 Å². The highest BCUT2D eigenvalue weighted by molar-refractivity contribution is 6.48. The molecule has 0 aromatic carbocycles. The normalized spacial score (nSPS) is 19.9. The second-order valence-electron chi connectivity index (χ2n) is 5.68. The standard InChI is InChI=1S/C15H22N2O3/c1-9(2)16-6-7-17(10(3)4)13-11(16)8-12(18)14(19)15(13)20-5/h8-10H,6-7H2,1-5H3. The molecule has 1 aliphatic heterocycles. The zero-order valence-corrected chi connectivity index (χ0v) is 12.8. The Morgan fingerprint density at radius 2 is 1.60 bits per heavy atom. The van der Waals surface area contributed by atoms with Gasteiger partial charge in [0.25, 0.3) is 5.78 Å². The number of carbonyl (C=O) groups is 2. The molecule has 2 aliphatic rings. The Kier molecular flexibility index (Phi) is 3.88. The number of piperazine rings is 1. The van der Waals surface area contributed by atoms with Gasteiger partial charge in [0, 0.05) is 31.2 Å². The van der Waals surface area contributed by atoms with Gasteiger partial charge in [-0.2, -0.15) is 0 Å². The summed E-state index contributed by atoms with van der Waals surface area (Å²) >= 11 is 0. The van der Waals surface area contributed by atoms with E-state index in [-0.39, 0.29) is 17.8 Å². The smallest absolute Gasteiger partial charge is 0.269 e. The Morgan fingerprint density at radius 3 is 2.10 bits per heavy atom. The number of ether oxygens (including phenoxy) is 1. The Morgan fingerprint density at radius 1 is 1.05 bits per heavy atom. The molecule has 5 heteroatoms. The van der Waals surface area contributed by atoms with Crippen molar-refractivity contribution in [1.82, 2.24) is 9.80 Å². The molecule has 1 saturated heterocycles. The van der Waals surface area contributed by atoms with Gasteiger partial charge in [-0.25, -0.2) is 0 Å². The van der Waals surface area contributed by atoms with E-state index in [2.05, 4.69) is 37.5 Å². The van der Waals surface area contributed by atoms with E-state index in [9.17, 15) is 9.59 Å². The first-order chi connectivity index (χ1) is 9.38. The molecule has 5 nitrogen and oxygen atoms in total. The maximum absolute atomic E-state index is 12.0. The third kappa shape index (κ3) is 2.21. The molecule has 0 unspecified atom stereocenters. The second-order valence-corrected chi connectivity index (χ2v) is 5.68. The average Bonchev–Trinajstić information content (AvgIpc) is 2.38. The summed E-state index contributed by atoms with van der Waals surface area (Å²) in [6.07, 6.45) is 1.45. The van der Waals surface area contributed by atoms with Crippen molar-refractivity contribution in [3.8, 4) is 0 Å². The van der Waals surface area contributed by atoms with Gasteiger partial charge >= 0.3 is 0 Å². The van der Waals surface area contributed by atoms with Crippen LogP contribution in [0.25, 0.3) is 0 Å². The molecule has 0 spiro atoms. The van der Waals surface area contributed by atoms with Gasteiger partial charge in [-0.05, 0) is 27.7 Å². The Labute approximate surface area is 119 Å². The zero-order valence-electron chi connectivity index (χ0n) is 12.8. The molecule has 0 aromatic rings. The summed E-state index contributed by atoms with van der Waals surface area (Å²) in [6, 6.07) is 0.513. The van der Waals surface area contributed by atoms with Crippen molar-refractivity contribution in [2.24, 2.45) is 0 Å². The number of nitrogens with zero attached hydrogens (tertiary/aromatic N) is 2. The second kappa shape index (κ2) is 5.31. The molecule has 1 fully saturated rings. The molecule has 0 amide bonds. The highest BCUT2D eigenvalue weighted by Crippen LogP contribution is 2.33. The fraction of sp³-hybridized carbons (Fsp3) is 0.600. The van der Waals surface area contributed by atoms with Crippen LogP contribution in [0.5, 0.6) is 0 Å². The van der Waals surface area contributed by atoms with Crippen LogP contribution in [-0.2, 0) is 14.3 Å². The predicted molar refractivity (Wildman–Crippen MR) is 75.8 cm³/mol. The van der Waals surface area contributed by atoms with Gasteiger partial charge in [0.05, 0.1) is 12.8 Å². The third-order valence-corrected chi connectivity index (χ3v) is 3.78. The highest BCUT2D eigenvalue weighted by atomic mass is 16.5. The first-order valence-corrected chi connectivity index (χ1v) is 7.00. The molecular formula is C15H22N2O3. The Bertz CT molecular complexity index is 503. The zero-order chi connectivity index (χ0) is 15.0. The number of fused-ring (bicyclic) bond motifs is 1. The van der Waals surface area contributed by atoms with E-state index in [1.54, 1.807) is 0 Å². The molecule has 1 aliphatic carbocycles. The van der Waals surface area contributed by atoms with Gasteiger partial charge in [0.1, 0.15) is 5.70 Å². The minimum Gasteiger partial charge on any atom is -0.491 e. The van der Waals surface area contributed by atoms with Crippen LogP contribution >= 0.6 is 0 Å². The summed E-state index contributed by atoms with van der Waals surface area (Å²) in [5.41, 5.74) is 1.56. The van der Waals surface area contributed by atoms with Gasteiger partial charge < -0.3 is 14.5 Å². The number of carbonyl (C=O) groups excluding carboxylic acids is 2. The number of Topliss-reactive ketones (excluding diaryl/α,β-unsaturated/α-hetero) is 1. The third-order valence-electron chi connectivity index (χ3n) is 3.78. The van der Waals surface area contributed by atoms with Crippen LogP contribution in [0.3, 0.4) is 0 Å². The molecule has 2 rings (SSSR count). The highest BCUT2D eigenvalue weighted by Gasteiger charge is 2.39. The minimum absolute atomic E-state index is 0.173. The van der Waals surface area contributed by atoms with Crippen LogP contribution in [0, 0.1) is 0 Å². The van der Waals surface area contributed by atoms with E-state index in [0.717, 1.165) is 24.5 Å². The minimum atomic E-state index is -0.553. The maximum Gasteiger partial charge on any atom is 0.269 e. The van der Waals surface area contributed by atoms with Gasteiger partial charge in [0.2, 0.25) is 5.78 Å². The van der Waals surface area contributed by atoms with Crippen molar-refractivity contribution in [3.63, 3.8) is 0 Å². The number of hydrogen-bond acceptors (Lipinski definition) is 5. The molecule has 0 atom stereocenters. The van der Waals surface area contributed by atoms with Crippen LogP contribution < -0.4 is 0 Å². The Balaban J connectivity index is 2.58. The summed E-state index contributed by atoms with van der Waals surface area (Å²) in [7, 11) is 1.45. The lowest BCUT2D eigenvalue weighted by Gasteiger charge is -2.46. The average molecular weight is 278 g/mol. The fourth-order valence-electron chi connectivity index (χ4n) is 2.78. The van der Waals surface area contributed by atoms with Crippen molar-refractivity contribution in [2.45, 2.75) is 39.8 Å². The quantitative estimate of drug-likeness (QED) is 0.575. The topological polar surface area (TPSA) is 49.9 Å². The molecular weight excluding hydrogens is 256 g/mol. The van der Waals surface area contributed by atoms with Crippen molar-refractivity contribution in [3.05, 3.63) is 23.2 Å². The van der Waals surface area contributed by atoms with Crippen LogP contribution in [0.15, 0.2) is 23.2 Å². The number of hydrogen-bond donors (Lipinski definition) is 0. The van der Waals surface area contributed by atoms with Gasteiger partial charge in [-0.3, -0.25) is 9.59 Å². The van der Waals surface area contributed by atoms with Gasteiger partial charge in [-0.1, -0.05) is 0 Å². The van der Waals surface area contributed by atoms with E-state index in [1.165, 1.54) is 13.2 Å². The lowest BCUT2D eigenvalue weighted by Crippen LogP contribution is -2.50. The molecule has 0 N–H and O–H groups in total. The maximum atomic E-state index is 12.0. The van der Waals surface area contributed by atoms with Crippen molar-refractivity contribution in [2.75, 3.05) is 20.2 Å². The molecule has 0 saturated carbocycles. The first kappa shape index (κ1) is 14.6. The first-order valence-electron chi connectivity index (χ1n) is 7.00. The molecule has 0 bridgehead atoms. The van der Waals surface area contributed by atoms with Crippen molar-refractivity contribution < 1.29 is 14.3 Å². The molecule has 20 heavy (non-hydrogen) atoms. The van der Waals surface area contributed by atoms with E-state index in [1.807, 2.05) is 0 Å². The predicted octanol–water partition coefficient (Wildman–Crippen LogP) is 1.31. The summed E-state index contributed by atoms with van der Waals surface area (Å²) in [4.78, 5) is 28.2. The van der Waals surface area contributed by atoms with Crippen LogP contribution in [-0.4, -0.2) is 53.6 Å². The summed E-state index contributed by atoms with van der Waals surface area (Å²) in [6.45, 7) is 9.96. The molecule has 0 radical (unpaired) electrons. The molecule has 110 valence electrons. The summed E-state index contributed by atoms with van der Waals surface area (Å²) < 4.78 is 5.25. The molecule has 1 heterocycles. The van der Waals surface area contributed by atoms with Crippen LogP contribution in [0.2, 0.25) is 0 Å². The number of allylic oxidation sites excluding steroid dienone is 2. The molecule has 0 aromatic heterocycles. The summed E-state index contributed by atoms with van der Waals surface area (Å²) in [5, 5.41) is 0. The van der Waals surface area contributed by atoms with E-state index in [4.69, 9.17) is 4.74 Å². The van der Waals surface area contributed by atoms with Crippen LogP contribution in [0.1, 0.15) is 27.7 Å². The Hall–Kier alpha value is -1.78. The van der Waals surface area contributed by atoms with Crippen LogP contribution in [0.4, 0.5) is 0 Å². The van der Waals surface area contributed by atoms with E-state index < -0.39 is 11.6 Å². The number of rotatable bonds is 3. The number of methoxy groups -OCH3 is 1. The monoisotopic (exact) mass is 278 g/mol. The SMILES string of the molecule is COC1=C2C(=CC(=O)C1=O)N(C(C)C)CCN2C(C)C. The largest absolute Gasteiger partial charge is 0.491 e.